The van der Waals surface area contributed by atoms with Gasteiger partial charge < -0.3 is 15.3 Å². The predicted octanol–water partition coefficient (Wildman–Crippen LogP) is 2.94. The lowest BCUT2D eigenvalue weighted by molar-refractivity contribution is -0.132. The maximum Gasteiger partial charge on any atom is 0.335 e. The van der Waals surface area contributed by atoms with Gasteiger partial charge in [-0.05, 0) is 49.6 Å². The molecule has 0 bridgehead atoms. The monoisotopic (exact) mass is 380 g/mol. The van der Waals surface area contributed by atoms with E-state index >= 15 is 0 Å². The molecule has 1 aliphatic heterocycles. The van der Waals surface area contributed by atoms with Gasteiger partial charge in [-0.2, -0.15) is 0 Å². The fraction of sp³-hybridized carbons (Fsp3) is 0.318. The van der Waals surface area contributed by atoms with E-state index in [4.69, 9.17) is 5.11 Å². The van der Waals surface area contributed by atoms with Crippen LogP contribution in [0.25, 0.3) is 0 Å². The number of carbonyl (C=O) groups is 3. The molecule has 0 aromatic heterocycles. The van der Waals surface area contributed by atoms with Gasteiger partial charge in [-0.15, -0.1) is 0 Å². The molecule has 0 radical (unpaired) electrons. The van der Waals surface area contributed by atoms with Gasteiger partial charge in [0.25, 0.3) is 5.91 Å². The highest BCUT2D eigenvalue weighted by Gasteiger charge is 2.39. The molecule has 2 amide bonds. The zero-order valence-electron chi connectivity index (χ0n) is 15.9. The first kappa shape index (κ1) is 19.6. The van der Waals surface area contributed by atoms with Crippen LogP contribution in [0.5, 0.6) is 0 Å². The molecule has 0 aliphatic carbocycles. The minimum absolute atomic E-state index is 0.0522. The molecule has 0 spiro atoms. The minimum atomic E-state index is -0.978. The van der Waals surface area contributed by atoms with Crippen LogP contribution in [0.2, 0.25) is 0 Å². The van der Waals surface area contributed by atoms with E-state index in [1.165, 1.54) is 12.1 Å². The van der Waals surface area contributed by atoms with Crippen molar-refractivity contribution >= 4 is 17.8 Å². The van der Waals surface area contributed by atoms with Crippen molar-refractivity contribution in [2.24, 2.45) is 5.41 Å². The molecule has 1 heterocycles. The number of aromatic carboxylic acids is 1. The van der Waals surface area contributed by atoms with Gasteiger partial charge in [-0.25, -0.2) is 4.79 Å². The molecule has 1 saturated heterocycles. The molecular formula is C22H24N2O4. The lowest BCUT2D eigenvalue weighted by atomic mass is 9.80. The topological polar surface area (TPSA) is 86.7 Å². The van der Waals surface area contributed by atoms with Crippen molar-refractivity contribution in [2.75, 3.05) is 13.1 Å². The minimum Gasteiger partial charge on any atom is -0.478 e. The van der Waals surface area contributed by atoms with E-state index < -0.39 is 11.4 Å². The van der Waals surface area contributed by atoms with Crippen molar-refractivity contribution in [2.45, 2.75) is 26.3 Å². The molecule has 1 aliphatic rings. The Balaban J connectivity index is 1.62. The molecule has 0 saturated carbocycles. The second-order valence-electron chi connectivity index (χ2n) is 7.44. The molecule has 3 rings (SSSR count). The number of amides is 2. The molecule has 2 aromatic rings. The Morgan fingerprint density at radius 3 is 2.36 bits per heavy atom. The molecule has 28 heavy (non-hydrogen) atoms. The van der Waals surface area contributed by atoms with Crippen LogP contribution >= 0.6 is 0 Å². The predicted molar refractivity (Wildman–Crippen MR) is 105 cm³/mol. The Labute approximate surface area is 164 Å². The maximum absolute atomic E-state index is 12.8. The largest absolute Gasteiger partial charge is 0.478 e. The van der Waals surface area contributed by atoms with Crippen LogP contribution in [0.4, 0.5) is 0 Å². The van der Waals surface area contributed by atoms with E-state index in [0.29, 0.717) is 25.2 Å². The molecule has 1 atom stereocenters. The Morgan fingerprint density at radius 1 is 1.04 bits per heavy atom. The zero-order valence-corrected chi connectivity index (χ0v) is 15.9. The number of carbonyl (C=O) groups excluding carboxylic acids is 2. The van der Waals surface area contributed by atoms with Crippen LogP contribution in [0, 0.1) is 5.41 Å². The molecule has 1 unspecified atom stereocenters. The number of carboxylic acid groups (broad SMARTS) is 1. The van der Waals surface area contributed by atoms with E-state index in [1.807, 2.05) is 25.1 Å². The average molecular weight is 380 g/mol. The van der Waals surface area contributed by atoms with Gasteiger partial charge in [0.15, 0.2) is 0 Å². The van der Waals surface area contributed by atoms with Crippen LogP contribution in [0.1, 0.15) is 46.0 Å². The Bertz CT molecular complexity index is 864. The van der Waals surface area contributed by atoms with Crippen molar-refractivity contribution < 1.29 is 19.5 Å². The standard InChI is InChI=1S/C22H24N2O4/c1-22(21(28)23-14-16-8-10-18(11-9-16)20(26)27)12-5-13-24(15-22)19(25)17-6-3-2-4-7-17/h2-4,6-11H,5,12-15H2,1H3,(H,23,28)(H,26,27). The van der Waals surface area contributed by atoms with Gasteiger partial charge in [0.05, 0.1) is 11.0 Å². The van der Waals surface area contributed by atoms with Gasteiger partial charge in [-0.3, -0.25) is 9.59 Å². The molecule has 2 aromatic carbocycles. The van der Waals surface area contributed by atoms with Gasteiger partial charge in [0.1, 0.15) is 0 Å². The molecule has 6 heteroatoms. The molecule has 1 fully saturated rings. The van der Waals surface area contributed by atoms with Gasteiger partial charge in [0.2, 0.25) is 5.91 Å². The summed E-state index contributed by atoms with van der Waals surface area (Å²) in [7, 11) is 0. The highest BCUT2D eigenvalue weighted by molar-refractivity contribution is 5.95. The number of rotatable bonds is 5. The Kier molecular flexibility index (Phi) is 5.78. The summed E-state index contributed by atoms with van der Waals surface area (Å²) in [6, 6.07) is 15.5. The van der Waals surface area contributed by atoms with Crippen molar-refractivity contribution in [1.29, 1.82) is 0 Å². The summed E-state index contributed by atoms with van der Waals surface area (Å²) in [6.07, 6.45) is 1.49. The number of piperidine rings is 1. The van der Waals surface area contributed by atoms with E-state index in [-0.39, 0.29) is 17.4 Å². The number of hydrogen-bond donors (Lipinski definition) is 2. The second-order valence-corrected chi connectivity index (χ2v) is 7.44. The van der Waals surface area contributed by atoms with Crippen molar-refractivity contribution in [3.63, 3.8) is 0 Å². The summed E-state index contributed by atoms with van der Waals surface area (Å²) in [5, 5.41) is 11.9. The van der Waals surface area contributed by atoms with Gasteiger partial charge in [0, 0.05) is 25.2 Å². The zero-order chi connectivity index (χ0) is 20.1. The lowest BCUT2D eigenvalue weighted by Gasteiger charge is -2.39. The fourth-order valence-corrected chi connectivity index (χ4v) is 3.52. The van der Waals surface area contributed by atoms with Crippen molar-refractivity contribution in [3.8, 4) is 0 Å². The Hall–Kier alpha value is -3.15. The molecule has 146 valence electrons. The first-order valence-electron chi connectivity index (χ1n) is 9.34. The maximum atomic E-state index is 12.8. The summed E-state index contributed by atoms with van der Waals surface area (Å²) in [4.78, 5) is 38.2. The Morgan fingerprint density at radius 2 is 1.71 bits per heavy atom. The van der Waals surface area contributed by atoms with E-state index in [1.54, 1.807) is 29.2 Å². The van der Waals surface area contributed by atoms with Crippen LogP contribution in [-0.2, 0) is 11.3 Å². The third-order valence-corrected chi connectivity index (χ3v) is 5.21. The summed E-state index contributed by atoms with van der Waals surface area (Å²) in [6.45, 7) is 3.24. The van der Waals surface area contributed by atoms with Crippen LogP contribution < -0.4 is 5.32 Å². The summed E-state index contributed by atoms with van der Waals surface area (Å²) < 4.78 is 0. The first-order valence-corrected chi connectivity index (χ1v) is 9.34. The van der Waals surface area contributed by atoms with Gasteiger partial charge in [-0.1, -0.05) is 30.3 Å². The van der Waals surface area contributed by atoms with Crippen LogP contribution in [-0.4, -0.2) is 40.9 Å². The number of nitrogens with one attached hydrogen (secondary N) is 1. The smallest absolute Gasteiger partial charge is 0.335 e. The average Bonchev–Trinajstić information content (AvgIpc) is 2.72. The highest BCUT2D eigenvalue weighted by atomic mass is 16.4. The normalized spacial score (nSPS) is 19.1. The summed E-state index contributed by atoms with van der Waals surface area (Å²) in [5.74, 6) is -1.13. The van der Waals surface area contributed by atoms with E-state index in [9.17, 15) is 14.4 Å². The highest BCUT2D eigenvalue weighted by Crippen LogP contribution is 2.30. The third kappa shape index (κ3) is 4.39. The number of benzene rings is 2. The number of nitrogens with zero attached hydrogens (tertiary/aromatic N) is 1. The van der Waals surface area contributed by atoms with Crippen LogP contribution in [0.15, 0.2) is 54.6 Å². The van der Waals surface area contributed by atoms with E-state index in [0.717, 1.165) is 18.4 Å². The fourth-order valence-electron chi connectivity index (χ4n) is 3.52. The number of carboxylic acids is 1. The summed E-state index contributed by atoms with van der Waals surface area (Å²) in [5.41, 5.74) is 1.02. The number of hydrogen-bond acceptors (Lipinski definition) is 3. The molecular weight excluding hydrogens is 356 g/mol. The first-order chi connectivity index (χ1) is 13.4. The lowest BCUT2D eigenvalue weighted by Crippen LogP contribution is -2.51. The molecule has 6 nitrogen and oxygen atoms in total. The number of likely N-dealkylation sites (tertiary alicyclic amines) is 1. The van der Waals surface area contributed by atoms with Crippen molar-refractivity contribution in [1.82, 2.24) is 10.2 Å². The van der Waals surface area contributed by atoms with E-state index in [2.05, 4.69) is 5.32 Å². The summed E-state index contributed by atoms with van der Waals surface area (Å²) >= 11 is 0. The van der Waals surface area contributed by atoms with Crippen LogP contribution in [0.3, 0.4) is 0 Å². The SMILES string of the molecule is CC1(C(=O)NCc2ccc(C(=O)O)cc2)CCCN(C(=O)c2ccccc2)C1. The van der Waals surface area contributed by atoms with Gasteiger partial charge >= 0.3 is 5.97 Å². The quantitative estimate of drug-likeness (QED) is 0.835. The second kappa shape index (κ2) is 8.25. The molecule has 2 N–H and O–H groups in total. The third-order valence-electron chi connectivity index (χ3n) is 5.21. The van der Waals surface area contributed by atoms with Crippen molar-refractivity contribution in [3.05, 3.63) is 71.3 Å².